The molecule has 3 aliphatic carbocycles. The second-order valence-corrected chi connectivity index (χ2v) is 7.85. The second kappa shape index (κ2) is 10.9. The zero-order valence-electron chi connectivity index (χ0n) is 18.6. The van der Waals surface area contributed by atoms with Gasteiger partial charge in [-0.2, -0.15) is 5.10 Å². The van der Waals surface area contributed by atoms with Gasteiger partial charge in [0.2, 0.25) is 0 Å². The van der Waals surface area contributed by atoms with Crippen LogP contribution in [0.25, 0.3) is 11.3 Å². The third-order valence-electron chi connectivity index (χ3n) is 5.80. The van der Waals surface area contributed by atoms with Crippen LogP contribution in [0.3, 0.4) is 0 Å². The monoisotopic (exact) mass is 401 g/mol. The van der Waals surface area contributed by atoms with Gasteiger partial charge in [0.1, 0.15) is 0 Å². The Morgan fingerprint density at radius 3 is 2.63 bits per heavy atom. The number of hydrogen-bond donors (Lipinski definition) is 2. The normalized spacial score (nSPS) is 21.1. The topological polar surface area (TPSA) is 54.7 Å². The van der Waals surface area contributed by atoms with E-state index < -0.39 is 0 Å². The molecule has 3 N–H and O–H groups in total. The zero-order valence-corrected chi connectivity index (χ0v) is 18.6. The summed E-state index contributed by atoms with van der Waals surface area (Å²) < 4.78 is 0. The maximum atomic E-state index is 5.43. The van der Waals surface area contributed by atoms with Crippen LogP contribution in [0.15, 0.2) is 78.1 Å². The van der Waals surface area contributed by atoms with Crippen molar-refractivity contribution in [2.45, 2.75) is 52.4 Å². The molecule has 2 atom stereocenters. The molecule has 0 radical (unpaired) electrons. The highest BCUT2D eigenvalue weighted by Gasteiger charge is 2.27. The van der Waals surface area contributed by atoms with Gasteiger partial charge in [-0.15, -0.1) is 0 Å². The highest BCUT2D eigenvalue weighted by Crippen LogP contribution is 2.42. The van der Waals surface area contributed by atoms with Crippen molar-refractivity contribution in [2.24, 2.45) is 11.7 Å². The van der Waals surface area contributed by atoms with Crippen LogP contribution < -0.4 is 5.73 Å². The maximum Gasteiger partial charge on any atom is 0.0685 e. The summed E-state index contributed by atoms with van der Waals surface area (Å²) in [5.74, 6) is 1.19. The van der Waals surface area contributed by atoms with Crippen LogP contribution >= 0.6 is 0 Å². The second-order valence-electron chi connectivity index (χ2n) is 7.85. The van der Waals surface area contributed by atoms with E-state index in [0.717, 1.165) is 12.8 Å². The Hall–Kier alpha value is -2.65. The Kier molecular flexibility index (Phi) is 8.04. The molecule has 1 aromatic carbocycles. The molecule has 1 aromatic heterocycles. The molecule has 0 saturated heterocycles. The Balaban J connectivity index is 0.000000197. The number of aromatic amines is 1. The lowest BCUT2D eigenvalue weighted by Crippen LogP contribution is -2.12. The molecule has 1 heterocycles. The summed E-state index contributed by atoms with van der Waals surface area (Å²) in [5, 5.41) is 7.37. The summed E-state index contributed by atoms with van der Waals surface area (Å²) in [4.78, 5) is 0. The molecular formula is C27H35N3. The van der Waals surface area contributed by atoms with Crippen LogP contribution in [-0.2, 0) is 6.42 Å². The van der Waals surface area contributed by atoms with Gasteiger partial charge in [-0.3, -0.25) is 5.10 Å². The number of H-pyrrole nitrogens is 1. The van der Waals surface area contributed by atoms with Gasteiger partial charge < -0.3 is 5.73 Å². The zero-order chi connectivity index (χ0) is 21.3. The molecule has 30 heavy (non-hydrogen) atoms. The van der Waals surface area contributed by atoms with Crippen LogP contribution in [0.2, 0.25) is 0 Å². The van der Waals surface area contributed by atoms with Crippen LogP contribution in [0.1, 0.15) is 57.1 Å². The van der Waals surface area contributed by atoms with Crippen molar-refractivity contribution in [3.63, 3.8) is 0 Å². The summed E-state index contributed by atoms with van der Waals surface area (Å²) in [6.07, 6.45) is 20.1. The van der Waals surface area contributed by atoms with E-state index in [0.29, 0.717) is 18.4 Å². The molecule has 0 amide bonds. The largest absolute Gasteiger partial charge is 0.327 e. The number of allylic oxidation sites excluding steroid dienone is 6. The molecule has 2 aromatic rings. The molecule has 158 valence electrons. The fourth-order valence-electron chi connectivity index (χ4n) is 4.17. The number of fused-ring (bicyclic) bond motifs is 3. The first kappa shape index (κ1) is 22.0. The number of hydrogen-bond acceptors (Lipinski definition) is 2. The summed E-state index contributed by atoms with van der Waals surface area (Å²) in [6.45, 7) is 6.89. The number of aromatic nitrogens is 2. The van der Waals surface area contributed by atoms with Gasteiger partial charge in [0.15, 0.2) is 0 Å². The van der Waals surface area contributed by atoms with Gasteiger partial charge in [-0.05, 0) is 53.9 Å². The van der Waals surface area contributed by atoms with E-state index in [1.807, 2.05) is 20.0 Å². The fraction of sp³-hybridized carbons (Fsp3) is 0.370. The van der Waals surface area contributed by atoms with Crippen molar-refractivity contribution in [1.82, 2.24) is 10.2 Å². The third kappa shape index (κ3) is 5.09. The molecule has 0 spiro atoms. The molecule has 5 rings (SSSR count). The summed E-state index contributed by atoms with van der Waals surface area (Å²) in [6, 6.07) is 8.70. The van der Waals surface area contributed by atoms with E-state index >= 15 is 0 Å². The molecule has 3 nitrogen and oxygen atoms in total. The van der Waals surface area contributed by atoms with Crippen molar-refractivity contribution in [1.29, 1.82) is 0 Å². The van der Waals surface area contributed by atoms with Crippen LogP contribution in [-0.4, -0.2) is 16.7 Å². The highest BCUT2D eigenvalue weighted by atomic mass is 15.1. The van der Waals surface area contributed by atoms with E-state index in [4.69, 9.17) is 5.73 Å². The number of nitrogens with zero attached hydrogens (tertiary/aromatic N) is 1. The van der Waals surface area contributed by atoms with Gasteiger partial charge in [0.25, 0.3) is 0 Å². The minimum atomic E-state index is 0.484. The Labute approximate surface area is 181 Å². The van der Waals surface area contributed by atoms with Gasteiger partial charge in [0, 0.05) is 18.0 Å². The lowest BCUT2D eigenvalue weighted by atomic mass is 9.77. The standard InChI is InChI=1S/C17H16N2.C8H13N.C2H6/c1-2-6-12(7-3-1)16-10-13-11-18-19-17(13)15-9-5-4-8-14(15)16;1-7-2-4-8(6-9)5-3-7;1-2/h2,4-9,11,16H,1,3,10H2,(H,18,19);2,4-5,7H,3,6,9H2,1H3;1-2H3. The number of rotatable bonds is 2. The molecule has 3 heteroatoms. The van der Waals surface area contributed by atoms with Crippen molar-refractivity contribution in [2.75, 3.05) is 6.54 Å². The summed E-state index contributed by atoms with van der Waals surface area (Å²) in [5.41, 5.74) is 13.4. The third-order valence-corrected chi connectivity index (χ3v) is 5.80. The van der Waals surface area contributed by atoms with Crippen molar-refractivity contribution >= 4 is 0 Å². The fourth-order valence-corrected chi connectivity index (χ4v) is 4.17. The SMILES string of the molecule is C1=CC(C2Cc3cn[nH]c3-c3ccccc32)=CCC1.CC.CC1C=CC(CN)=CC1. The molecule has 0 aliphatic heterocycles. The van der Waals surface area contributed by atoms with E-state index in [2.05, 4.69) is 77.8 Å². The molecular weight excluding hydrogens is 366 g/mol. The van der Waals surface area contributed by atoms with Crippen LogP contribution in [0.4, 0.5) is 0 Å². The number of nitrogens with two attached hydrogens (primary N) is 1. The Morgan fingerprint density at radius 2 is 1.93 bits per heavy atom. The van der Waals surface area contributed by atoms with E-state index in [1.54, 1.807) is 0 Å². The van der Waals surface area contributed by atoms with Gasteiger partial charge in [0.05, 0.1) is 11.9 Å². The average molecular weight is 402 g/mol. The van der Waals surface area contributed by atoms with E-state index in [1.165, 1.54) is 46.4 Å². The molecule has 0 fully saturated rings. The average Bonchev–Trinajstić information content (AvgIpc) is 3.30. The highest BCUT2D eigenvalue weighted by molar-refractivity contribution is 5.71. The maximum absolute atomic E-state index is 5.43. The quantitative estimate of drug-likeness (QED) is 0.604. The number of benzene rings is 1. The first-order valence-corrected chi connectivity index (χ1v) is 11.3. The summed E-state index contributed by atoms with van der Waals surface area (Å²) in [7, 11) is 0. The minimum Gasteiger partial charge on any atom is -0.327 e. The van der Waals surface area contributed by atoms with Crippen LogP contribution in [0, 0.1) is 5.92 Å². The molecule has 0 bridgehead atoms. The first-order valence-electron chi connectivity index (χ1n) is 11.3. The Bertz CT molecular complexity index is 943. The predicted octanol–water partition coefficient (Wildman–Crippen LogP) is 6.49. The molecule has 2 unspecified atom stereocenters. The van der Waals surface area contributed by atoms with Crippen molar-refractivity contribution in [3.8, 4) is 11.3 Å². The molecule has 3 aliphatic rings. The lowest BCUT2D eigenvalue weighted by Gasteiger charge is -2.27. The molecule has 0 saturated carbocycles. The van der Waals surface area contributed by atoms with E-state index in [-0.39, 0.29) is 0 Å². The summed E-state index contributed by atoms with van der Waals surface area (Å²) >= 11 is 0. The first-order chi connectivity index (χ1) is 14.8. The predicted molar refractivity (Wildman–Crippen MR) is 128 cm³/mol. The van der Waals surface area contributed by atoms with E-state index in [9.17, 15) is 0 Å². The minimum absolute atomic E-state index is 0.484. The van der Waals surface area contributed by atoms with Gasteiger partial charge >= 0.3 is 0 Å². The lowest BCUT2D eigenvalue weighted by molar-refractivity contribution is 0.728. The van der Waals surface area contributed by atoms with Crippen molar-refractivity contribution in [3.05, 3.63) is 89.2 Å². The smallest absolute Gasteiger partial charge is 0.0685 e. The number of nitrogens with one attached hydrogen (secondary N) is 1. The van der Waals surface area contributed by atoms with Gasteiger partial charge in [-0.25, -0.2) is 0 Å². The van der Waals surface area contributed by atoms with Crippen molar-refractivity contribution < 1.29 is 0 Å². The van der Waals surface area contributed by atoms with Crippen LogP contribution in [0.5, 0.6) is 0 Å². The Morgan fingerprint density at radius 1 is 1.10 bits per heavy atom. The van der Waals surface area contributed by atoms with Gasteiger partial charge in [-0.1, -0.05) is 81.5 Å².